The molecule has 2 aromatic heterocycles. The summed E-state index contributed by atoms with van der Waals surface area (Å²) in [5.74, 6) is -0.391. The van der Waals surface area contributed by atoms with Crippen LogP contribution in [-0.4, -0.2) is 40.8 Å². The van der Waals surface area contributed by atoms with Gasteiger partial charge in [-0.25, -0.2) is 14.3 Å². The number of likely N-dealkylation sites (N-methyl/N-ethyl adjacent to an activating group) is 1. The molecule has 118 valence electrons. The topological polar surface area (TPSA) is 59.7 Å². The van der Waals surface area contributed by atoms with Crippen LogP contribution in [0.3, 0.4) is 0 Å². The predicted octanol–water partition coefficient (Wildman–Crippen LogP) is 2.33. The molecule has 0 fully saturated rings. The number of esters is 1. The number of aromatic nitrogens is 3. The van der Waals surface area contributed by atoms with Crippen LogP contribution in [0, 0.1) is 6.92 Å². The number of nitrogens with zero attached hydrogens (tertiary/aromatic N) is 4. The van der Waals surface area contributed by atoms with Crippen molar-refractivity contribution in [3.63, 3.8) is 0 Å². The number of carbonyl (C=O) groups excluding carboxylic acids is 1. The predicted molar refractivity (Wildman–Crippen MR) is 87.7 cm³/mol. The molecule has 0 aliphatic heterocycles. The molecular formula is C17H18N4O2. The summed E-state index contributed by atoms with van der Waals surface area (Å²) in [6, 6.07) is 11.7. The minimum Gasteiger partial charge on any atom is -0.460 e. The number of anilines is 1. The third-order valence-corrected chi connectivity index (χ3v) is 3.63. The molecule has 6 nitrogen and oxygen atoms in total. The van der Waals surface area contributed by atoms with E-state index >= 15 is 0 Å². The van der Waals surface area contributed by atoms with Crippen molar-refractivity contribution in [1.29, 1.82) is 0 Å². The zero-order chi connectivity index (χ0) is 16.2. The van der Waals surface area contributed by atoms with Gasteiger partial charge in [0.05, 0.1) is 12.2 Å². The molecule has 0 unspecified atom stereocenters. The van der Waals surface area contributed by atoms with Crippen LogP contribution in [0.2, 0.25) is 0 Å². The summed E-state index contributed by atoms with van der Waals surface area (Å²) < 4.78 is 6.98. The molecule has 0 radical (unpaired) electrons. The van der Waals surface area contributed by atoms with E-state index in [2.05, 4.69) is 10.1 Å². The van der Waals surface area contributed by atoms with Crippen molar-refractivity contribution >= 4 is 17.3 Å². The van der Waals surface area contributed by atoms with Crippen molar-refractivity contribution in [2.75, 3.05) is 25.1 Å². The minimum absolute atomic E-state index is 0.299. The van der Waals surface area contributed by atoms with Gasteiger partial charge in [-0.15, -0.1) is 0 Å². The quantitative estimate of drug-likeness (QED) is 0.677. The van der Waals surface area contributed by atoms with Gasteiger partial charge in [0.2, 0.25) is 0 Å². The molecule has 0 aliphatic rings. The van der Waals surface area contributed by atoms with Gasteiger partial charge in [-0.3, -0.25) is 0 Å². The fourth-order valence-corrected chi connectivity index (χ4v) is 2.39. The Labute approximate surface area is 134 Å². The lowest BCUT2D eigenvalue weighted by Gasteiger charge is -2.18. The van der Waals surface area contributed by atoms with Crippen molar-refractivity contribution in [2.45, 2.75) is 6.92 Å². The zero-order valence-electron chi connectivity index (χ0n) is 13.1. The van der Waals surface area contributed by atoms with Crippen LogP contribution in [0.5, 0.6) is 0 Å². The lowest BCUT2D eigenvalue weighted by atomic mass is 10.2. The number of carbonyl (C=O) groups is 1. The molecule has 3 rings (SSSR count). The maximum atomic E-state index is 12.3. The fourth-order valence-electron chi connectivity index (χ4n) is 2.39. The van der Waals surface area contributed by atoms with Crippen molar-refractivity contribution < 1.29 is 9.53 Å². The van der Waals surface area contributed by atoms with Gasteiger partial charge in [0.25, 0.3) is 0 Å². The molecule has 0 amide bonds. The van der Waals surface area contributed by atoms with Crippen LogP contribution < -0.4 is 4.90 Å². The van der Waals surface area contributed by atoms with Gasteiger partial charge in [-0.2, -0.15) is 5.10 Å². The van der Waals surface area contributed by atoms with Crippen molar-refractivity contribution in [2.24, 2.45) is 0 Å². The first-order valence-electron chi connectivity index (χ1n) is 7.40. The lowest BCUT2D eigenvalue weighted by Crippen LogP contribution is -2.24. The van der Waals surface area contributed by atoms with E-state index in [0.29, 0.717) is 30.1 Å². The van der Waals surface area contributed by atoms with Crippen LogP contribution in [0.25, 0.3) is 5.65 Å². The number of aryl methyl sites for hydroxylation is 1. The molecule has 3 aromatic rings. The Morgan fingerprint density at radius 3 is 2.83 bits per heavy atom. The van der Waals surface area contributed by atoms with Crippen LogP contribution >= 0.6 is 0 Å². The standard InChI is InChI=1S/C17H18N4O2/c1-13-15(16-18-9-6-10-21(16)19-13)17(22)23-12-11-20(2)14-7-4-3-5-8-14/h3-10H,11-12H2,1-2H3. The average Bonchev–Trinajstić information content (AvgIpc) is 2.91. The number of hydrogen-bond acceptors (Lipinski definition) is 5. The molecule has 0 saturated heterocycles. The Hall–Kier alpha value is -2.89. The molecule has 0 saturated carbocycles. The van der Waals surface area contributed by atoms with E-state index in [1.54, 1.807) is 29.9 Å². The molecular weight excluding hydrogens is 292 g/mol. The normalized spacial score (nSPS) is 10.7. The van der Waals surface area contributed by atoms with Gasteiger partial charge < -0.3 is 9.64 Å². The monoisotopic (exact) mass is 310 g/mol. The maximum Gasteiger partial charge on any atom is 0.344 e. The molecule has 23 heavy (non-hydrogen) atoms. The van der Waals surface area contributed by atoms with E-state index in [1.807, 2.05) is 42.3 Å². The summed E-state index contributed by atoms with van der Waals surface area (Å²) in [7, 11) is 1.96. The molecule has 0 bridgehead atoms. The third-order valence-electron chi connectivity index (χ3n) is 3.63. The van der Waals surface area contributed by atoms with Crippen LogP contribution in [0.4, 0.5) is 5.69 Å². The Balaban J connectivity index is 1.64. The summed E-state index contributed by atoms with van der Waals surface area (Å²) in [5, 5.41) is 4.27. The summed E-state index contributed by atoms with van der Waals surface area (Å²) in [5.41, 5.74) is 2.64. The number of fused-ring (bicyclic) bond motifs is 1. The highest BCUT2D eigenvalue weighted by atomic mass is 16.5. The maximum absolute atomic E-state index is 12.3. The minimum atomic E-state index is -0.391. The Bertz CT molecular complexity index is 814. The summed E-state index contributed by atoms with van der Waals surface area (Å²) in [4.78, 5) is 18.6. The van der Waals surface area contributed by atoms with Crippen LogP contribution in [0.1, 0.15) is 16.1 Å². The third kappa shape index (κ3) is 3.15. The molecule has 0 atom stereocenters. The molecule has 0 N–H and O–H groups in total. The van der Waals surface area contributed by atoms with E-state index in [9.17, 15) is 4.79 Å². The van der Waals surface area contributed by atoms with Crippen molar-refractivity contribution in [3.8, 4) is 0 Å². The number of rotatable bonds is 5. The lowest BCUT2D eigenvalue weighted by molar-refractivity contribution is 0.0517. The molecule has 2 heterocycles. The van der Waals surface area contributed by atoms with Crippen molar-refractivity contribution in [1.82, 2.24) is 14.6 Å². The second kappa shape index (κ2) is 6.48. The Morgan fingerprint density at radius 2 is 2.04 bits per heavy atom. The average molecular weight is 310 g/mol. The summed E-state index contributed by atoms with van der Waals surface area (Å²) in [6.45, 7) is 2.69. The van der Waals surface area contributed by atoms with Gasteiger partial charge in [0.1, 0.15) is 12.2 Å². The molecule has 0 aliphatic carbocycles. The van der Waals surface area contributed by atoms with E-state index in [1.165, 1.54) is 0 Å². The molecule has 1 aromatic carbocycles. The highest BCUT2D eigenvalue weighted by molar-refractivity contribution is 5.97. The van der Waals surface area contributed by atoms with Crippen molar-refractivity contribution in [3.05, 3.63) is 60.0 Å². The van der Waals surface area contributed by atoms with E-state index in [-0.39, 0.29) is 0 Å². The second-order valence-electron chi connectivity index (χ2n) is 5.24. The largest absolute Gasteiger partial charge is 0.460 e. The van der Waals surface area contributed by atoms with Gasteiger partial charge in [0, 0.05) is 25.1 Å². The van der Waals surface area contributed by atoms with E-state index < -0.39 is 5.97 Å². The Morgan fingerprint density at radius 1 is 1.26 bits per heavy atom. The zero-order valence-corrected chi connectivity index (χ0v) is 13.1. The van der Waals surface area contributed by atoms with E-state index in [4.69, 9.17) is 4.74 Å². The number of benzene rings is 1. The fraction of sp³-hybridized carbons (Fsp3) is 0.235. The number of hydrogen-bond donors (Lipinski definition) is 0. The van der Waals surface area contributed by atoms with Gasteiger partial charge in [-0.05, 0) is 25.1 Å². The first-order valence-corrected chi connectivity index (χ1v) is 7.40. The first-order chi connectivity index (χ1) is 11.2. The second-order valence-corrected chi connectivity index (χ2v) is 5.24. The smallest absolute Gasteiger partial charge is 0.344 e. The SMILES string of the molecule is Cc1nn2cccnc2c1C(=O)OCCN(C)c1ccccc1. The van der Waals surface area contributed by atoms with Crippen LogP contribution in [0.15, 0.2) is 48.8 Å². The van der Waals surface area contributed by atoms with Gasteiger partial charge in [0.15, 0.2) is 5.65 Å². The van der Waals surface area contributed by atoms with Gasteiger partial charge in [-0.1, -0.05) is 18.2 Å². The summed E-state index contributed by atoms with van der Waals surface area (Å²) >= 11 is 0. The van der Waals surface area contributed by atoms with E-state index in [0.717, 1.165) is 5.69 Å². The summed E-state index contributed by atoms with van der Waals surface area (Å²) in [6.07, 6.45) is 3.39. The highest BCUT2D eigenvalue weighted by Gasteiger charge is 2.19. The number of ether oxygens (including phenoxy) is 1. The first kappa shape index (κ1) is 15.0. The number of para-hydroxylation sites is 1. The van der Waals surface area contributed by atoms with Crippen LogP contribution in [-0.2, 0) is 4.74 Å². The highest BCUT2D eigenvalue weighted by Crippen LogP contribution is 2.14. The van der Waals surface area contributed by atoms with Gasteiger partial charge >= 0.3 is 5.97 Å². The Kier molecular flexibility index (Phi) is 4.23. The molecule has 0 spiro atoms. The molecule has 6 heteroatoms.